The Hall–Kier alpha value is -1.07. The van der Waals surface area contributed by atoms with Crippen LogP contribution in [-0.2, 0) is 10.0 Å². The van der Waals surface area contributed by atoms with Crippen molar-refractivity contribution in [1.82, 2.24) is 4.31 Å². The number of benzene rings is 1. The molecule has 0 saturated heterocycles. The van der Waals surface area contributed by atoms with E-state index in [0.29, 0.717) is 28.6 Å². The SMILES string of the molecule is CCC(C)CN(C)S(=O)(=O)c1c(C)cc(C)c(N)c1C. The zero-order chi connectivity index (χ0) is 15.7. The van der Waals surface area contributed by atoms with Crippen LogP contribution in [0.3, 0.4) is 0 Å². The molecular formula is C15H26N2O2S. The normalized spacial score (nSPS) is 13.8. The Morgan fingerprint density at radius 3 is 2.30 bits per heavy atom. The van der Waals surface area contributed by atoms with Gasteiger partial charge in [-0.05, 0) is 43.4 Å². The van der Waals surface area contributed by atoms with Crippen LogP contribution in [0.5, 0.6) is 0 Å². The molecule has 0 radical (unpaired) electrons. The molecule has 0 aromatic heterocycles. The Morgan fingerprint density at radius 2 is 1.80 bits per heavy atom. The number of nitrogens with two attached hydrogens (primary N) is 1. The molecule has 1 aromatic carbocycles. The molecule has 0 spiro atoms. The van der Waals surface area contributed by atoms with E-state index in [2.05, 4.69) is 13.8 Å². The fourth-order valence-electron chi connectivity index (χ4n) is 2.40. The minimum Gasteiger partial charge on any atom is -0.398 e. The van der Waals surface area contributed by atoms with Crippen LogP contribution in [0.1, 0.15) is 37.0 Å². The first-order chi connectivity index (χ1) is 9.12. The highest BCUT2D eigenvalue weighted by Gasteiger charge is 2.27. The van der Waals surface area contributed by atoms with Gasteiger partial charge in [0.25, 0.3) is 0 Å². The zero-order valence-electron chi connectivity index (χ0n) is 13.3. The Balaban J connectivity index is 3.33. The second-order valence-corrected chi connectivity index (χ2v) is 7.66. The highest BCUT2D eigenvalue weighted by Crippen LogP contribution is 2.30. The monoisotopic (exact) mass is 298 g/mol. The third-order valence-corrected chi connectivity index (χ3v) is 6.01. The van der Waals surface area contributed by atoms with Crippen molar-refractivity contribution in [2.24, 2.45) is 5.92 Å². The molecule has 0 aliphatic heterocycles. The summed E-state index contributed by atoms with van der Waals surface area (Å²) in [6, 6.07) is 1.84. The van der Waals surface area contributed by atoms with Gasteiger partial charge in [-0.3, -0.25) is 0 Å². The third-order valence-electron chi connectivity index (χ3n) is 3.89. The van der Waals surface area contributed by atoms with E-state index in [0.717, 1.165) is 17.5 Å². The number of hydrogen-bond acceptors (Lipinski definition) is 3. The molecule has 1 unspecified atom stereocenters. The summed E-state index contributed by atoms with van der Waals surface area (Å²) in [5.74, 6) is 0.332. The maximum atomic E-state index is 12.8. The topological polar surface area (TPSA) is 63.4 Å². The molecule has 0 aliphatic rings. The average Bonchev–Trinajstić information content (AvgIpc) is 2.35. The van der Waals surface area contributed by atoms with Crippen molar-refractivity contribution in [2.75, 3.05) is 19.3 Å². The average molecular weight is 298 g/mol. The van der Waals surface area contributed by atoms with Gasteiger partial charge in [0.05, 0.1) is 4.90 Å². The van der Waals surface area contributed by atoms with Crippen molar-refractivity contribution in [2.45, 2.75) is 45.9 Å². The number of nitrogen functional groups attached to an aromatic ring is 1. The predicted molar refractivity (Wildman–Crippen MR) is 84.3 cm³/mol. The fraction of sp³-hybridized carbons (Fsp3) is 0.600. The molecule has 0 amide bonds. The smallest absolute Gasteiger partial charge is 0.243 e. The molecule has 5 heteroatoms. The van der Waals surface area contributed by atoms with Gasteiger partial charge in [0, 0.05) is 19.3 Å². The highest BCUT2D eigenvalue weighted by molar-refractivity contribution is 7.89. The number of nitrogens with zero attached hydrogens (tertiary/aromatic N) is 1. The first kappa shape index (κ1) is 17.0. The van der Waals surface area contributed by atoms with E-state index >= 15 is 0 Å². The standard InChI is InChI=1S/C15H26N2O2S/c1-7-10(2)9-17(6)20(18,19)15-12(4)8-11(3)14(16)13(15)5/h8,10H,7,9,16H2,1-6H3. The highest BCUT2D eigenvalue weighted by atomic mass is 32.2. The van der Waals surface area contributed by atoms with Gasteiger partial charge in [0.15, 0.2) is 0 Å². The van der Waals surface area contributed by atoms with Crippen molar-refractivity contribution in [3.63, 3.8) is 0 Å². The van der Waals surface area contributed by atoms with E-state index in [9.17, 15) is 8.42 Å². The lowest BCUT2D eigenvalue weighted by Gasteiger charge is -2.23. The molecule has 2 N–H and O–H groups in total. The maximum Gasteiger partial charge on any atom is 0.243 e. The first-order valence-electron chi connectivity index (χ1n) is 6.95. The lowest BCUT2D eigenvalue weighted by atomic mass is 10.1. The molecule has 0 aliphatic carbocycles. The molecule has 20 heavy (non-hydrogen) atoms. The fourth-order valence-corrected chi connectivity index (χ4v) is 4.13. The number of hydrogen-bond donors (Lipinski definition) is 1. The summed E-state index contributed by atoms with van der Waals surface area (Å²) in [7, 11) is -1.86. The molecule has 0 heterocycles. The minimum atomic E-state index is -3.49. The van der Waals surface area contributed by atoms with E-state index < -0.39 is 10.0 Å². The van der Waals surface area contributed by atoms with Gasteiger partial charge in [-0.1, -0.05) is 26.3 Å². The van der Waals surface area contributed by atoms with E-state index in [1.807, 2.05) is 19.9 Å². The zero-order valence-corrected chi connectivity index (χ0v) is 14.1. The maximum absolute atomic E-state index is 12.8. The van der Waals surface area contributed by atoms with Crippen LogP contribution in [0, 0.1) is 26.7 Å². The van der Waals surface area contributed by atoms with Gasteiger partial charge < -0.3 is 5.73 Å². The molecule has 0 fully saturated rings. The van der Waals surface area contributed by atoms with Gasteiger partial charge in [-0.25, -0.2) is 12.7 Å². The van der Waals surface area contributed by atoms with Gasteiger partial charge in [-0.15, -0.1) is 0 Å². The minimum absolute atomic E-state index is 0.332. The summed E-state index contributed by atoms with van der Waals surface area (Å²) >= 11 is 0. The molecule has 1 aromatic rings. The molecular weight excluding hydrogens is 272 g/mol. The summed E-state index contributed by atoms with van der Waals surface area (Å²) in [6.07, 6.45) is 0.952. The number of anilines is 1. The van der Waals surface area contributed by atoms with Crippen LogP contribution in [-0.4, -0.2) is 26.3 Å². The quantitative estimate of drug-likeness (QED) is 0.850. The van der Waals surface area contributed by atoms with Gasteiger partial charge in [0.2, 0.25) is 10.0 Å². The van der Waals surface area contributed by atoms with E-state index in [1.165, 1.54) is 4.31 Å². The van der Waals surface area contributed by atoms with E-state index in [4.69, 9.17) is 5.73 Å². The summed E-state index contributed by atoms with van der Waals surface area (Å²) in [4.78, 5) is 0.353. The molecule has 4 nitrogen and oxygen atoms in total. The first-order valence-corrected chi connectivity index (χ1v) is 8.39. The number of aryl methyl sites for hydroxylation is 2. The summed E-state index contributed by atoms with van der Waals surface area (Å²) < 4.78 is 27.0. The van der Waals surface area contributed by atoms with Crippen LogP contribution in [0.2, 0.25) is 0 Å². The molecule has 1 rings (SSSR count). The van der Waals surface area contributed by atoms with Gasteiger partial charge in [-0.2, -0.15) is 0 Å². The Labute approximate surface area is 123 Å². The lowest BCUT2D eigenvalue weighted by Crippen LogP contribution is -2.32. The third kappa shape index (κ3) is 3.15. The van der Waals surface area contributed by atoms with Gasteiger partial charge in [0.1, 0.15) is 0 Å². The van der Waals surface area contributed by atoms with Crippen LogP contribution in [0.4, 0.5) is 5.69 Å². The van der Waals surface area contributed by atoms with E-state index in [1.54, 1.807) is 14.0 Å². The van der Waals surface area contributed by atoms with Crippen molar-refractivity contribution in [3.05, 3.63) is 22.8 Å². The Bertz CT molecular complexity index is 594. The molecule has 0 saturated carbocycles. The molecule has 114 valence electrons. The predicted octanol–water partition coefficient (Wildman–Crippen LogP) is 2.86. The Morgan fingerprint density at radius 1 is 1.25 bits per heavy atom. The lowest BCUT2D eigenvalue weighted by molar-refractivity contribution is 0.393. The van der Waals surface area contributed by atoms with Crippen LogP contribution in [0.15, 0.2) is 11.0 Å². The van der Waals surface area contributed by atoms with Crippen LogP contribution in [0.25, 0.3) is 0 Å². The summed E-state index contributed by atoms with van der Waals surface area (Å²) in [5, 5.41) is 0. The second kappa shape index (κ2) is 6.14. The van der Waals surface area contributed by atoms with Crippen molar-refractivity contribution in [1.29, 1.82) is 0 Å². The second-order valence-electron chi connectivity index (χ2n) is 5.68. The van der Waals surface area contributed by atoms with Crippen LogP contribution >= 0.6 is 0 Å². The van der Waals surface area contributed by atoms with Crippen molar-refractivity contribution in [3.8, 4) is 0 Å². The largest absolute Gasteiger partial charge is 0.398 e. The summed E-state index contributed by atoms with van der Waals surface area (Å²) in [5.41, 5.74) is 8.88. The molecule has 1 atom stereocenters. The van der Waals surface area contributed by atoms with Crippen molar-refractivity contribution < 1.29 is 8.42 Å². The van der Waals surface area contributed by atoms with Crippen LogP contribution < -0.4 is 5.73 Å². The number of sulfonamides is 1. The van der Waals surface area contributed by atoms with E-state index in [-0.39, 0.29) is 0 Å². The van der Waals surface area contributed by atoms with Crippen molar-refractivity contribution >= 4 is 15.7 Å². The number of rotatable bonds is 5. The van der Waals surface area contributed by atoms with Gasteiger partial charge >= 0.3 is 0 Å². The Kier molecular flexibility index (Phi) is 5.21. The molecule has 0 bridgehead atoms. The summed E-state index contributed by atoms with van der Waals surface area (Å²) in [6.45, 7) is 10.1.